The van der Waals surface area contributed by atoms with Crippen LogP contribution in [0, 0.1) is 47.4 Å². The molecule has 0 radical (unpaired) electrons. The van der Waals surface area contributed by atoms with E-state index in [0.717, 1.165) is 113 Å². The molecule has 1 aromatic carbocycles. The summed E-state index contributed by atoms with van der Waals surface area (Å²) in [6, 6.07) is 3.40. The zero-order valence-electron chi connectivity index (χ0n) is 58.6. The summed E-state index contributed by atoms with van der Waals surface area (Å²) in [5.41, 5.74) is 0.759. The molecule has 0 heterocycles. The van der Waals surface area contributed by atoms with E-state index in [1.54, 1.807) is 0 Å². The van der Waals surface area contributed by atoms with E-state index in [4.69, 9.17) is 9.47 Å². The van der Waals surface area contributed by atoms with Crippen LogP contribution in [0.5, 0.6) is 0 Å². The van der Waals surface area contributed by atoms with Gasteiger partial charge in [-0.1, -0.05) is 211 Å². The Labute approximate surface area is 575 Å². The lowest BCUT2D eigenvalue weighted by molar-refractivity contribution is -0.144. The number of hydrogen-bond acceptors (Lipinski definition) is 12. The monoisotopic (exact) mass is 1340 g/mol. The van der Waals surface area contributed by atoms with Crippen LogP contribution in [0.25, 0.3) is 0 Å². The number of nitrogens with one attached hydrogen (secondary N) is 4. The van der Waals surface area contributed by atoms with Crippen LogP contribution in [0.2, 0.25) is 0 Å². The first-order chi connectivity index (χ1) is 46.6. The number of carbonyl (C=O) groups excluding carboxylic acids is 4. The second kappa shape index (κ2) is 62.8. The van der Waals surface area contributed by atoms with Gasteiger partial charge in [0.2, 0.25) is 17.7 Å². The maximum absolute atomic E-state index is 13.5. The van der Waals surface area contributed by atoms with Crippen LogP contribution >= 0.6 is 0 Å². The zero-order valence-corrected chi connectivity index (χ0v) is 58.6. The van der Waals surface area contributed by atoms with E-state index in [1.165, 1.54) is 134 Å². The molecule has 1 aromatic rings. The molecule has 538 valence electrons. The predicted octanol–water partition coefficient (Wildman–Crippen LogP) is 12.0. The van der Waals surface area contributed by atoms with Crippen molar-refractivity contribution < 1.29 is 68.3 Å². The van der Waals surface area contributed by atoms with E-state index >= 15 is 0 Å². The van der Waals surface area contributed by atoms with E-state index in [-0.39, 0.29) is 82.9 Å². The Morgan fingerprint density at radius 1 is 0.396 bits per heavy atom. The lowest BCUT2D eigenvalue weighted by Gasteiger charge is -2.21. The highest BCUT2D eigenvalue weighted by Crippen LogP contribution is 2.18. The van der Waals surface area contributed by atoms with Crippen LogP contribution in [-0.2, 0) is 56.1 Å². The Morgan fingerprint density at radius 3 is 1.07 bits per heavy atom. The highest BCUT2D eigenvalue weighted by molar-refractivity contribution is 5.94. The summed E-state index contributed by atoms with van der Waals surface area (Å²) in [4.78, 5) is 101. The van der Waals surface area contributed by atoms with Gasteiger partial charge in [-0.3, -0.25) is 48.2 Å². The Kier molecular flexibility index (Phi) is 57.0. The van der Waals surface area contributed by atoms with Gasteiger partial charge in [-0.2, -0.15) is 0 Å². The van der Waals surface area contributed by atoms with E-state index in [9.17, 15) is 58.8 Å². The third kappa shape index (κ3) is 56.3. The molecule has 20 heteroatoms. The van der Waals surface area contributed by atoms with Crippen molar-refractivity contribution in [2.75, 3.05) is 72.2 Å². The van der Waals surface area contributed by atoms with Crippen molar-refractivity contribution in [3.05, 3.63) is 34.9 Å². The van der Waals surface area contributed by atoms with Crippen molar-refractivity contribution in [2.24, 2.45) is 0 Å². The van der Waals surface area contributed by atoms with Crippen molar-refractivity contribution in [2.45, 2.75) is 277 Å². The van der Waals surface area contributed by atoms with Gasteiger partial charge in [0.25, 0.3) is 5.91 Å². The molecule has 20 nitrogen and oxygen atoms in total. The molecule has 0 aliphatic carbocycles. The number of unbranched alkanes of at least 4 members (excludes halogenated alkanes) is 32. The summed E-state index contributed by atoms with van der Waals surface area (Å²) in [5.74, 6) is 18.1. The van der Waals surface area contributed by atoms with Gasteiger partial charge in [0.05, 0.1) is 52.6 Å². The average Bonchev–Trinajstić information content (AvgIpc) is 0.884. The van der Waals surface area contributed by atoms with Crippen LogP contribution in [0.1, 0.15) is 279 Å². The predicted molar refractivity (Wildman–Crippen MR) is 377 cm³/mol. The number of amides is 4. The first kappa shape index (κ1) is 87.1. The van der Waals surface area contributed by atoms with Crippen LogP contribution in [-0.4, -0.2) is 156 Å². The molecular weight excluding hydrogens is 1220 g/mol. The number of benzene rings is 1. The topological polar surface area (TPSA) is 291 Å². The third-order valence-corrected chi connectivity index (χ3v) is 15.9. The van der Waals surface area contributed by atoms with Gasteiger partial charge in [-0.15, -0.1) is 0 Å². The van der Waals surface area contributed by atoms with Crippen molar-refractivity contribution in [3.8, 4) is 47.4 Å². The van der Waals surface area contributed by atoms with Gasteiger partial charge < -0.3 is 51.2 Å². The van der Waals surface area contributed by atoms with Crippen molar-refractivity contribution in [3.63, 3.8) is 0 Å². The minimum atomic E-state index is -1.28. The van der Waals surface area contributed by atoms with E-state index in [0.29, 0.717) is 30.4 Å². The molecule has 0 aliphatic heterocycles. The molecule has 8 N–H and O–H groups in total. The van der Waals surface area contributed by atoms with Crippen molar-refractivity contribution in [1.82, 2.24) is 31.1 Å². The van der Waals surface area contributed by atoms with E-state index in [1.807, 2.05) is 0 Å². The summed E-state index contributed by atoms with van der Waals surface area (Å²) in [6.07, 6.45) is 41.7. The van der Waals surface area contributed by atoms with Crippen molar-refractivity contribution >= 4 is 47.5 Å². The Balaban J connectivity index is 2.62. The molecule has 96 heavy (non-hydrogen) atoms. The summed E-state index contributed by atoms with van der Waals surface area (Å²) >= 11 is 0. The lowest BCUT2D eigenvalue weighted by Crippen LogP contribution is -2.53. The van der Waals surface area contributed by atoms with E-state index in [2.05, 4.69) is 82.5 Å². The summed E-state index contributed by atoms with van der Waals surface area (Å²) in [7, 11) is 0. The fourth-order valence-electron chi connectivity index (χ4n) is 10.7. The molecule has 1 atom stereocenters. The fraction of sp³-hybridized carbons (Fsp3) is 0.711. The molecule has 0 fully saturated rings. The van der Waals surface area contributed by atoms with Crippen LogP contribution < -0.4 is 21.3 Å². The number of ether oxygens (including phenoxy) is 2. The molecular formula is C76H120N6O14. The Morgan fingerprint density at radius 2 is 0.719 bits per heavy atom. The van der Waals surface area contributed by atoms with E-state index < -0.39 is 67.9 Å². The number of aliphatic carboxylic acids is 4. The molecule has 0 saturated heterocycles. The first-order valence-corrected chi connectivity index (χ1v) is 36.3. The fourth-order valence-corrected chi connectivity index (χ4v) is 10.7. The van der Waals surface area contributed by atoms with Gasteiger partial charge >= 0.3 is 23.9 Å². The standard InChI is InChI=1S/C76H120N6O14/c1-3-5-7-9-11-13-15-17-19-21-23-25-27-29-31-33-35-37-39-41-43-45-47-69(83)79-58-68(80-70(84)48-46-44-42-40-38-36-34-32-30-28-26-24-22-20-18-16-14-12-10-8-6-4-2)76(94)78-50-52-96-54-53-95-51-49-77-75(93)67-56-65(59-81(61-71(85)86)62-72(87)88)55-66(57-67)60-82(63-73(89)90)64-74(91)92/h55-57,68H,3-24,33-54,58-64H2,1-2H3,(H,77,93)(H,78,94)(H,79,83)(H,80,84)(H,85,86)(H,87,88)(H,89,90)(H,91,92). The van der Waals surface area contributed by atoms with Gasteiger partial charge in [0.1, 0.15) is 6.04 Å². The van der Waals surface area contributed by atoms with Gasteiger partial charge in [0, 0.05) is 76.8 Å². The summed E-state index contributed by atoms with van der Waals surface area (Å²) < 4.78 is 11.3. The minimum Gasteiger partial charge on any atom is -0.480 e. The molecule has 1 unspecified atom stereocenters. The van der Waals surface area contributed by atoms with Crippen LogP contribution in [0.15, 0.2) is 18.2 Å². The summed E-state index contributed by atoms with van der Waals surface area (Å²) in [6.45, 7) is 2.19. The third-order valence-electron chi connectivity index (χ3n) is 15.9. The number of hydrogen-bond donors (Lipinski definition) is 8. The smallest absolute Gasteiger partial charge is 0.317 e. The largest absolute Gasteiger partial charge is 0.480 e. The Hall–Kier alpha value is -6.94. The first-order valence-electron chi connectivity index (χ1n) is 36.3. The number of rotatable bonds is 62. The average molecular weight is 1340 g/mol. The minimum absolute atomic E-state index is 0.0472. The maximum atomic E-state index is 13.5. The SMILES string of the molecule is CCCCCCCCCCCCC#CC#CCCCCCCCCC(=O)NCC(NC(=O)CCCCCCCCC#CC#CCCCCCCCCCCCC)C(=O)NCCOCCOCCNC(=O)c1cc(CN(CC(=O)O)CC(=O)O)cc(CN(CC(=O)O)CC(=O)O)c1. The Bertz CT molecular complexity index is 2500. The van der Waals surface area contributed by atoms with Gasteiger partial charge in [-0.25, -0.2) is 0 Å². The molecule has 0 saturated carbocycles. The second-order valence-electron chi connectivity index (χ2n) is 24.9. The molecule has 4 amide bonds. The zero-order chi connectivity index (χ0) is 70.2. The highest BCUT2D eigenvalue weighted by atomic mass is 16.5. The highest BCUT2D eigenvalue weighted by Gasteiger charge is 2.22. The second-order valence-corrected chi connectivity index (χ2v) is 24.9. The summed E-state index contributed by atoms with van der Waals surface area (Å²) in [5, 5.41) is 48.6. The van der Waals surface area contributed by atoms with Gasteiger partial charge in [0.15, 0.2) is 0 Å². The van der Waals surface area contributed by atoms with Crippen LogP contribution in [0.4, 0.5) is 0 Å². The normalized spacial score (nSPS) is 11.0. The van der Waals surface area contributed by atoms with Gasteiger partial charge in [-0.05, 0) is 85.5 Å². The quantitative estimate of drug-likeness (QED) is 0.0222. The molecule has 1 rings (SSSR count). The number of carbonyl (C=O) groups is 8. The van der Waals surface area contributed by atoms with Crippen molar-refractivity contribution in [1.29, 1.82) is 0 Å². The number of carboxylic acids is 4. The molecule has 0 aliphatic rings. The molecule has 0 spiro atoms. The number of nitrogens with zero attached hydrogens (tertiary/aromatic N) is 2. The molecule has 0 bridgehead atoms. The molecule has 0 aromatic heterocycles. The lowest BCUT2D eigenvalue weighted by atomic mass is 10.0. The number of carboxylic acid groups (broad SMARTS) is 4. The van der Waals surface area contributed by atoms with Crippen LogP contribution in [0.3, 0.4) is 0 Å². The maximum Gasteiger partial charge on any atom is 0.317 e.